The molecule has 0 saturated carbocycles. The molecule has 0 saturated heterocycles. The Morgan fingerprint density at radius 3 is 2.62 bits per heavy atom. The highest BCUT2D eigenvalue weighted by atomic mass is 127. The van der Waals surface area contributed by atoms with Gasteiger partial charge in [0.15, 0.2) is 5.96 Å². The van der Waals surface area contributed by atoms with Crippen molar-refractivity contribution in [3.8, 4) is 0 Å². The molecule has 1 unspecified atom stereocenters. The zero-order valence-corrected chi connectivity index (χ0v) is 15.7. The summed E-state index contributed by atoms with van der Waals surface area (Å²) in [4.78, 5) is 5.21. The van der Waals surface area contributed by atoms with E-state index in [0.29, 0.717) is 6.61 Å². The maximum absolute atomic E-state index is 12.8. The number of hydrogen-bond acceptors (Lipinski definition) is 3. The smallest absolute Gasteiger partial charge is 0.191 e. The highest BCUT2D eigenvalue weighted by Crippen LogP contribution is 2.17. The molecule has 7 heteroatoms. The molecule has 0 radical (unpaired) electrons. The van der Waals surface area contributed by atoms with Crippen molar-refractivity contribution in [2.24, 2.45) is 4.99 Å². The van der Waals surface area contributed by atoms with Crippen molar-refractivity contribution < 1.29 is 9.13 Å². The lowest BCUT2D eigenvalue weighted by atomic mass is 10.4. The van der Waals surface area contributed by atoms with Crippen molar-refractivity contribution in [3.63, 3.8) is 0 Å². The summed E-state index contributed by atoms with van der Waals surface area (Å²) in [7, 11) is 3.41. The first-order valence-electron chi connectivity index (χ1n) is 6.50. The molecule has 21 heavy (non-hydrogen) atoms. The molecule has 0 heterocycles. The van der Waals surface area contributed by atoms with Crippen LogP contribution in [0.3, 0.4) is 0 Å². The molecule has 1 aromatic rings. The Kier molecular flexibility index (Phi) is 11.7. The number of benzene rings is 1. The fourth-order valence-corrected chi connectivity index (χ4v) is 2.36. The number of guanidine groups is 1. The Labute approximate surface area is 147 Å². The fourth-order valence-electron chi connectivity index (χ4n) is 1.59. The van der Waals surface area contributed by atoms with Crippen molar-refractivity contribution in [2.75, 3.05) is 33.1 Å². The lowest BCUT2D eigenvalue weighted by Crippen LogP contribution is -2.44. The lowest BCUT2D eigenvalue weighted by molar-refractivity contribution is 0.179. The van der Waals surface area contributed by atoms with Gasteiger partial charge in [-0.3, -0.25) is 4.99 Å². The first-order valence-corrected chi connectivity index (χ1v) is 7.48. The summed E-state index contributed by atoms with van der Waals surface area (Å²) in [6.07, 6.45) is 0. The van der Waals surface area contributed by atoms with Gasteiger partial charge >= 0.3 is 0 Å². The number of ether oxygens (including phenoxy) is 1. The average Bonchev–Trinajstić information content (AvgIpc) is 2.44. The van der Waals surface area contributed by atoms with Crippen LogP contribution in [0.1, 0.15) is 6.92 Å². The van der Waals surface area contributed by atoms with Crippen molar-refractivity contribution >= 4 is 41.7 Å². The first kappa shape index (κ1) is 20.5. The predicted octanol–water partition coefficient (Wildman–Crippen LogP) is 2.74. The molecule has 0 aliphatic rings. The maximum Gasteiger partial charge on any atom is 0.191 e. The van der Waals surface area contributed by atoms with Gasteiger partial charge in [0.1, 0.15) is 5.82 Å². The third-order valence-electron chi connectivity index (χ3n) is 2.50. The van der Waals surface area contributed by atoms with E-state index in [-0.39, 0.29) is 35.8 Å². The van der Waals surface area contributed by atoms with E-state index >= 15 is 0 Å². The van der Waals surface area contributed by atoms with Gasteiger partial charge in [-0.1, -0.05) is 0 Å². The molecule has 4 nitrogen and oxygen atoms in total. The van der Waals surface area contributed by atoms with E-state index in [9.17, 15) is 4.39 Å². The normalized spacial score (nSPS) is 12.5. The maximum atomic E-state index is 12.8. The van der Waals surface area contributed by atoms with Gasteiger partial charge in [0.2, 0.25) is 0 Å². The summed E-state index contributed by atoms with van der Waals surface area (Å²) in [6.45, 7) is 3.44. The minimum atomic E-state index is -0.204. The lowest BCUT2D eigenvalue weighted by Gasteiger charge is -2.17. The molecule has 1 aromatic carbocycles. The third-order valence-corrected chi connectivity index (χ3v) is 3.51. The van der Waals surface area contributed by atoms with E-state index in [1.165, 1.54) is 12.1 Å². The molecular formula is C14H23FIN3OS. The number of nitrogens with one attached hydrogen (secondary N) is 2. The molecule has 1 rings (SSSR count). The Morgan fingerprint density at radius 1 is 1.38 bits per heavy atom. The summed E-state index contributed by atoms with van der Waals surface area (Å²) in [6, 6.07) is 6.73. The van der Waals surface area contributed by atoms with Crippen LogP contribution in [-0.4, -0.2) is 45.1 Å². The van der Waals surface area contributed by atoms with Gasteiger partial charge in [0.25, 0.3) is 0 Å². The first-order chi connectivity index (χ1) is 9.65. The van der Waals surface area contributed by atoms with Crippen LogP contribution in [0.4, 0.5) is 4.39 Å². The topological polar surface area (TPSA) is 45.7 Å². The van der Waals surface area contributed by atoms with Gasteiger partial charge in [-0.2, -0.15) is 0 Å². The summed E-state index contributed by atoms with van der Waals surface area (Å²) < 4.78 is 17.8. The molecule has 0 amide bonds. The molecule has 0 aromatic heterocycles. The SMILES string of the molecule is CN=C(NCCSc1ccc(F)cc1)NC(C)COC.I. The zero-order chi connectivity index (χ0) is 14.8. The van der Waals surface area contributed by atoms with Crippen LogP contribution in [0.15, 0.2) is 34.2 Å². The van der Waals surface area contributed by atoms with Crippen LogP contribution < -0.4 is 10.6 Å². The highest BCUT2D eigenvalue weighted by Gasteiger charge is 2.03. The van der Waals surface area contributed by atoms with Crippen molar-refractivity contribution in [1.82, 2.24) is 10.6 Å². The Bertz CT molecular complexity index is 417. The number of aliphatic imine (C=N–C) groups is 1. The summed E-state index contributed by atoms with van der Waals surface area (Å²) in [5, 5.41) is 6.46. The van der Waals surface area contributed by atoms with Crippen molar-refractivity contribution in [1.29, 1.82) is 0 Å². The molecule has 120 valence electrons. The van der Waals surface area contributed by atoms with E-state index in [1.807, 2.05) is 6.92 Å². The standard InChI is InChI=1S/C14H22FN3OS.HI/c1-11(10-19-3)18-14(16-2)17-8-9-20-13-6-4-12(15)5-7-13;/h4-7,11H,8-10H2,1-3H3,(H2,16,17,18);1H. The molecule has 0 bridgehead atoms. The molecule has 0 aliphatic heterocycles. The van der Waals surface area contributed by atoms with Crippen molar-refractivity contribution in [3.05, 3.63) is 30.1 Å². The van der Waals surface area contributed by atoms with Crippen LogP contribution in [0.2, 0.25) is 0 Å². The summed E-state index contributed by atoms with van der Waals surface area (Å²) in [5.74, 6) is 1.43. The second-order valence-electron chi connectivity index (χ2n) is 4.30. The second kappa shape index (κ2) is 12.0. The molecule has 0 aliphatic carbocycles. The summed E-state index contributed by atoms with van der Waals surface area (Å²) in [5.41, 5.74) is 0. The third kappa shape index (κ3) is 9.15. The number of methoxy groups -OCH3 is 1. The molecule has 2 N–H and O–H groups in total. The highest BCUT2D eigenvalue weighted by molar-refractivity contribution is 14.0. The number of rotatable bonds is 7. The van der Waals surface area contributed by atoms with Gasteiger partial charge < -0.3 is 15.4 Å². The van der Waals surface area contributed by atoms with Crippen LogP contribution in [-0.2, 0) is 4.74 Å². The minimum Gasteiger partial charge on any atom is -0.383 e. The van der Waals surface area contributed by atoms with Gasteiger partial charge in [-0.15, -0.1) is 35.7 Å². The second-order valence-corrected chi connectivity index (χ2v) is 5.47. The van der Waals surface area contributed by atoms with Crippen molar-refractivity contribution in [2.45, 2.75) is 17.9 Å². The molecular weight excluding hydrogens is 404 g/mol. The zero-order valence-electron chi connectivity index (χ0n) is 12.6. The quantitative estimate of drug-likeness (QED) is 0.231. The fraction of sp³-hybridized carbons (Fsp3) is 0.500. The van der Waals surface area contributed by atoms with E-state index < -0.39 is 0 Å². The number of hydrogen-bond donors (Lipinski definition) is 2. The minimum absolute atomic E-state index is 0. The van der Waals surface area contributed by atoms with Gasteiger partial charge in [-0.25, -0.2) is 4.39 Å². The van der Waals surface area contributed by atoms with Gasteiger partial charge in [0, 0.05) is 37.4 Å². The van der Waals surface area contributed by atoms with E-state index in [1.54, 1.807) is 38.1 Å². The average molecular weight is 427 g/mol. The largest absolute Gasteiger partial charge is 0.383 e. The molecule has 0 fully saturated rings. The summed E-state index contributed by atoms with van der Waals surface area (Å²) >= 11 is 1.67. The van der Waals surface area contributed by atoms with Gasteiger partial charge in [0.05, 0.1) is 6.61 Å². The van der Waals surface area contributed by atoms with Crippen LogP contribution in [0, 0.1) is 5.82 Å². The number of halogens is 2. The van der Waals surface area contributed by atoms with Gasteiger partial charge in [-0.05, 0) is 31.2 Å². The Morgan fingerprint density at radius 2 is 2.05 bits per heavy atom. The van der Waals surface area contributed by atoms with Crippen LogP contribution in [0.25, 0.3) is 0 Å². The number of thioether (sulfide) groups is 1. The predicted molar refractivity (Wildman–Crippen MR) is 98.4 cm³/mol. The Hall–Kier alpha value is -0.540. The van der Waals surface area contributed by atoms with E-state index in [0.717, 1.165) is 23.2 Å². The number of nitrogens with zero attached hydrogens (tertiary/aromatic N) is 1. The Balaban J connectivity index is 0.00000400. The monoisotopic (exact) mass is 427 g/mol. The molecule has 0 spiro atoms. The molecule has 1 atom stereocenters. The van der Waals surface area contributed by atoms with E-state index in [2.05, 4.69) is 15.6 Å². The van der Waals surface area contributed by atoms with Crippen LogP contribution >= 0.6 is 35.7 Å². The van der Waals surface area contributed by atoms with Crippen LogP contribution in [0.5, 0.6) is 0 Å². The van der Waals surface area contributed by atoms with E-state index in [4.69, 9.17) is 4.74 Å².